The number of amides is 2. The second-order valence-electron chi connectivity index (χ2n) is 6.58. The van der Waals surface area contributed by atoms with Crippen molar-refractivity contribution in [2.24, 2.45) is 5.73 Å². The Morgan fingerprint density at radius 3 is 2.65 bits per heavy atom. The van der Waals surface area contributed by atoms with Crippen LogP contribution in [0.15, 0.2) is 24.5 Å². The molecule has 138 valence electrons. The number of hydrogen-bond acceptors (Lipinski definition) is 6. The van der Waals surface area contributed by atoms with E-state index in [1.807, 2.05) is 6.07 Å². The van der Waals surface area contributed by atoms with Gasteiger partial charge in [-0.25, -0.2) is 4.98 Å². The van der Waals surface area contributed by atoms with E-state index in [0.29, 0.717) is 0 Å². The van der Waals surface area contributed by atoms with E-state index in [-0.39, 0.29) is 24.3 Å². The number of rotatable bonds is 5. The normalized spacial score (nSPS) is 15.2. The highest BCUT2D eigenvalue weighted by Gasteiger charge is 2.23. The molecule has 0 aromatic carbocycles. The second kappa shape index (κ2) is 7.65. The zero-order chi connectivity index (χ0) is 18.7. The minimum absolute atomic E-state index is 0.0335. The summed E-state index contributed by atoms with van der Waals surface area (Å²) in [5.74, 6) is -0.582. The lowest BCUT2D eigenvalue weighted by atomic mass is 10.1. The van der Waals surface area contributed by atoms with Gasteiger partial charge in [0.1, 0.15) is 12.3 Å². The van der Waals surface area contributed by atoms with Crippen LogP contribution < -0.4 is 10.6 Å². The maximum atomic E-state index is 11.6. The molecule has 0 atom stereocenters. The summed E-state index contributed by atoms with van der Waals surface area (Å²) < 4.78 is 5.72. The van der Waals surface area contributed by atoms with Crippen molar-refractivity contribution in [2.75, 3.05) is 38.7 Å². The average molecular weight is 357 g/mol. The number of anilines is 1. The lowest BCUT2D eigenvalue weighted by molar-refractivity contribution is -0.136. The monoisotopic (exact) mass is 357 g/mol. The van der Waals surface area contributed by atoms with Gasteiger partial charge >= 0.3 is 0 Å². The maximum Gasteiger partial charge on any atom is 0.267 e. The largest absolute Gasteiger partial charge is 0.368 e. The third-order valence-corrected chi connectivity index (χ3v) is 4.56. The number of piperidine rings is 1. The zero-order valence-electron chi connectivity index (χ0n) is 15.0. The molecule has 2 aromatic heterocycles. The number of carbonyl (C=O) groups excluding carboxylic acids is 2. The van der Waals surface area contributed by atoms with Crippen molar-refractivity contribution in [2.45, 2.75) is 18.9 Å². The smallest absolute Gasteiger partial charge is 0.267 e. The number of hydrogen-bond donors (Lipinski definition) is 1. The van der Waals surface area contributed by atoms with Gasteiger partial charge in [-0.05, 0) is 25.0 Å². The summed E-state index contributed by atoms with van der Waals surface area (Å²) in [4.78, 5) is 35.5. The van der Waals surface area contributed by atoms with Crippen LogP contribution in [0.1, 0.15) is 23.3 Å². The van der Waals surface area contributed by atoms with E-state index in [1.54, 1.807) is 32.6 Å². The van der Waals surface area contributed by atoms with Crippen molar-refractivity contribution in [1.29, 1.82) is 0 Å². The van der Waals surface area contributed by atoms with Crippen molar-refractivity contribution in [1.82, 2.24) is 14.9 Å². The first-order chi connectivity index (χ1) is 12.5. The Balaban J connectivity index is 1.70. The van der Waals surface area contributed by atoms with Gasteiger partial charge in [0.15, 0.2) is 0 Å². The molecule has 1 fully saturated rings. The van der Waals surface area contributed by atoms with E-state index in [9.17, 15) is 9.59 Å². The third kappa shape index (κ3) is 3.91. The van der Waals surface area contributed by atoms with E-state index >= 15 is 0 Å². The Labute approximate surface area is 151 Å². The summed E-state index contributed by atoms with van der Waals surface area (Å²) in [6.07, 6.45) is 5.17. The fraction of sp³-hybridized carbons (Fsp3) is 0.444. The molecule has 3 heterocycles. The van der Waals surface area contributed by atoms with Gasteiger partial charge in [-0.1, -0.05) is 0 Å². The summed E-state index contributed by atoms with van der Waals surface area (Å²) >= 11 is 0. The molecule has 0 spiro atoms. The second-order valence-corrected chi connectivity index (χ2v) is 6.58. The Morgan fingerprint density at radius 1 is 1.27 bits per heavy atom. The van der Waals surface area contributed by atoms with E-state index in [1.165, 1.54) is 4.90 Å². The molecule has 0 bridgehead atoms. The predicted octanol–water partition coefficient (Wildman–Crippen LogP) is 0.802. The minimum atomic E-state index is -0.549. The first kappa shape index (κ1) is 18.1. The van der Waals surface area contributed by atoms with Crippen LogP contribution in [-0.4, -0.2) is 66.6 Å². The molecule has 1 aliphatic rings. The molecule has 1 aliphatic heterocycles. The molecule has 1 saturated heterocycles. The Hall–Kier alpha value is -2.74. The first-order valence-corrected chi connectivity index (χ1v) is 8.57. The number of primary amides is 1. The van der Waals surface area contributed by atoms with Gasteiger partial charge in [0.05, 0.1) is 23.5 Å². The highest BCUT2D eigenvalue weighted by molar-refractivity contribution is 5.96. The molecule has 8 nitrogen and oxygen atoms in total. The maximum absolute atomic E-state index is 11.6. The molecule has 0 aliphatic carbocycles. The summed E-state index contributed by atoms with van der Waals surface area (Å²) in [7, 11) is 3.43. The summed E-state index contributed by atoms with van der Waals surface area (Å²) in [6.45, 7) is 1.64. The highest BCUT2D eigenvalue weighted by atomic mass is 16.5. The predicted molar refractivity (Wildman–Crippen MR) is 97.9 cm³/mol. The molecule has 26 heavy (non-hydrogen) atoms. The van der Waals surface area contributed by atoms with Crippen LogP contribution in [0.25, 0.3) is 10.9 Å². The fourth-order valence-electron chi connectivity index (χ4n) is 2.98. The van der Waals surface area contributed by atoms with Crippen molar-refractivity contribution in [3.05, 3.63) is 30.2 Å². The number of ether oxygens (including phenoxy) is 1. The Kier molecular flexibility index (Phi) is 5.32. The van der Waals surface area contributed by atoms with Gasteiger partial charge in [0.2, 0.25) is 5.91 Å². The van der Waals surface area contributed by atoms with Crippen molar-refractivity contribution < 1.29 is 14.3 Å². The Morgan fingerprint density at radius 2 is 2.00 bits per heavy atom. The number of likely N-dealkylation sites (N-methyl/N-ethyl adjacent to an activating group) is 1. The van der Waals surface area contributed by atoms with E-state index < -0.39 is 5.91 Å². The van der Waals surface area contributed by atoms with E-state index in [4.69, 9.17) is 10.5 Å². The molecule has 2 amide bonds. The van der Waals surface area contributed by atoms with Crippen LogP contribution in [0.5, 0.6) is 0 Å². The SMILES string of the molecule is CN(C)C(=O)COC1CCN(c2cncc3ccc(C(N)=O)nc23)CC1. The number of fused-ring (bicyclic) bond motifs is 1. The molecule has 3 rings (SSSR count). The van der Waals surface area contributed by atoms with Gasteiger partial charge in [-0.3, -0.25) is 14.6 Å². The standard InChI is InChI=1S/C18H23N5O3/c1-22(2)16(24)11-26-13-5-7-23(8-6-13)15-10-20-9-12-3-4-14(18(19)25)21-17(12)15/h3-4,9-10,13H,5-8,11H2,1-2H3,(H2,19,25). The first-order valence-electron chi connectivity index (χ1n) is 8.57. The number of carbonyl (C=O) groups is 2. The van der Waals surface area contributed by atoms with E-state index in [2.05, 4.69) is 14.9 Å². The fourth-order valence-corrected chi connectivity index (χ4v) is 2.98. The molecule has 8 heteroatoms. The Bertz CT molecular complexity index is 816. The zero-order valence-corrected chi connectivity index (χ0v) is 15.0. The summed E-state index contributed by atoms with van der Waals surface area (Å²) in [5.41, 5.74) is 7.20. The summed E-state index contributed by atoms with van der Waals surface area (Å²) in [6, 6.07) is 3.42. The summed E-state index contributed by atoms with van der Waals surface area (Å²) in [5, 5.41) is 0.863. The van der Waals surface area contributed by atoms with Crippen LogP contribution in [0, 0.1) is 0 Å². The quantitative estimate of drug-likeness (QED) is 0.849. The van der Waals surface area contributed by atoms with Crippen LogP contribution in [0.4, 0.5) is 5.69 Å². The number of nitrogens with zero attached hydrogens (tertiary/aromatic N) is 4. The van der Waals surface area contributed by atoms with Crippen LogP contribution >= 0.6 is 0 Å². The van der Waals surface area contributed by atoms with Crippen molar-refractivity contribution in [3.63, 3.8) is 0 Å². The molecule has 2 N–H and O–H groups in total. The average Bonchev–Trinajstić information content (AvgIpc) is 2.65. The number of nitrogens with two attached hydrogens (primary N) is 1. The van der Waals surface area contributed by atoms with Crippen LogP contribution in [-0.2, 0) is 9.53 Å². The lowest BCUT2D eigenvalue weighted by Gasteiger charge is -2.33. The highest BCUT2D eigenvalue weighted by Crippen LogP contribution is 2.27. The minimum Gasteiger partial charge on any atom is -0.368 e. The lowest BCUT2D eigenvalue weighted by Crippen LogP contribution is -2.38. The molecule has 0 unspecified atom stereocenters. The van der Waals surface area contributed by atoms with Gasteiger partial charge in [-0.2, -0.15) is 0 Å². The van der Waals surface area contributed by atoms with Crippen molar-refractivity contribution in [3.8, 4) is 0 Å². The van der Waals surface area contributed by atoms with Crippen LogP contribution in [0.3, 0.4) is 0 Å². The number of aromatic nitrogens is 2. The molecule has 0 saturated carbocycles. The molecule has 2 aromatic rings. The van der Waals surface area contributed by atoms with Gasteiger partial charge in [0, 0.05) is 38.8 Å². The van der Waals surface area contributed by atoms with Gasteiger partial charge < -0.3 is 20.3 Å². The van der Waals surface area contributed by atoms with Gasteiger partial charge in [-0.15, -0.1) is 0 Å². The van der Waals surface area contributed by atoms with E-state index in [0.717, 1.165) is 42.5 Å². The topological polar surface area (TPSA) is 102 Å². The molecular formula is C18H23N5O3. The molecule has 0 radical (unpaired) electrons. The van der Waals surface area contributed by atoms with Crippen molar-refractivity contribution >= 4 is 28.4 Å². The van der Waals surface area contributed by atoms with Crippen LogP contribution in [0.2, 0.25) is 0 Å². The number of pyridine rings is 2. The third-order valence-electron chi connectivity index (χ3n) is 4.56. The van der Waals surface area contributed by atoms with Gasteiger partial charge in [0.25, 0.3) is 5.91 Å². The molecular weight excluding hydrogens is 334 g/mol.